The molecule has 1 aromatic carbocycles. The van der Waals surface area contributed by atoms with Gasteiger partial charge in [-0.2, -0.15) is 0 Å². The van der Waals surface area contributed by atoms with E-state index >= 15 is 0 Å². The Bertz CT molecular complexity index is 528. The molecule has 96 valence electrons. The first kappa shape index (κ1) is 12.5. The summed E-state index contributed by atoms with van der Waals surface area (Å²) in [6.07, 6.45) is 1.64. The molecule has 18 heavy (non-hydrogen) atoms. The number of nitrogen functional groups attached to an aromatic ring is 1. The highest BCUT2D eigenvalue weighted by molar-refractivity contribution is 7.19. The fourth-order valence-corrected chi connectivity index (χ4v) is 2.12. The molecule has 0 radical (unpaired) electrons. The number of methoxy groups -OCH3 is 2. The number of anilines is 2. The molecule has 1 aromatic heterocycles. The maximum Gasteiger partial charge on any atom is 0.184 e. The van der Waals surface area contributed by atoms with Gasteiger partial charge in [-0.3, -0.25) is 0 Å². The van der Waals surface area contributed by atoms with Gasteiger partial charge < -0.3 is 20.5 Å². The lowest BCUT2D eigenvalue weighted by Crippen LogP contribution is -2.01. The Kier molecular flexibility index (Phi) is 3.88. The maximum absolute atomic E-state index is 5.62. The summed E-state index contributed by atoms with van der Waals surface area (Å²) in [6.45, 7) is 0.625. The predicted molar refractivity (Wildman–Crippen MR) is 73.4 cm³/mol. The van der Waals surface area contributed by atoms with Crippen molar-refractivity contribution in [2.24, 2.45) is 0 Å². The van der Waals surface area contributed by atoms with Crippen molar-refractivity contribution < 1.29 is 9.47 Å². The molecule has 0 amide bonds. The van der Waals surface area contributed by atoms with Crippen LogP contribution in [0.15, 0.2) is 24.4 Å². The van der Waals surface area contributed by atoms with Gasteiger partial charge in [-0.05, 0) is 12.1 Å². The van der Waals surface area contributed by atoms with Gasteiger partial charge in [0.05, 0.1) is 20.4 Å². The van der Waals surface area contributed by atoms with Crippen molar-refractivity contribution in [2.75, 3.05) is 25.3 Å². The minimum atomic E-state index is 0.625. The van der Waals surface area contributed by atoms with Crippen LogP contribution in [-0.2, 0) is 6.54 Å². The van der Waals surface area contributed by atoms with Crippen molar-refractivity contribution in [1.82, 2.24) is 4.98 Å². The van der Waals surface area contributed by atoms with E-state index in [9.17, 15) is 0 Å². The van der Waals surface area contributed by atoms with E-state index < -0.39 is 0 Å². The van der Waals surface area contributed by atoms with Gasteiger partial charge in [0.1, 0.15) is 16.5 Å². The smallest absolute Gasteiger partial charge is 0.184 e. The summed E-state index contributed by atoms with van der Waals surface area (Å²) in [6, 6.07) is 5.71. The molecule has 6 heteroatoms. The lowest BCUT2D eigenvalue weighted by molar-refractivity contribution is 0.391. The zero-order valence-corrected chi connectivity index (χ0v) is 11.1. The largest absolute Gasteiger partial charge is 0.497 e. The molecule has 1 heterocycles. The number of rotatable bonds is 5. The molecule has 0 unspecified atom stereocenters. The van der Waals surface area contributed by atoms with Crippen molar-refractivity contribution in [3.63, 3.8) is 0 Å². The van der Waals surface area contributed by atoms with Crippen LogP contribution < -0.4 is 20.5 Å². The van der Waals surface area contributed by atoms with Crippen molar-refractivity contribution in [3.8, 4) is 11.5 Å². The third-order valence-electron chi connectivity index (χ3n) is 2.45. The highest BCUT2D eigenvalue weighted by Gasteiger charge is 2.06. The number of ether oxygens (including phenoxy) is 2. The van der Waals surface area contributed by atoms with E-state index in [1.165, 1.54) is 11.3 Å². The lowest BCUT2D eigenvalue weighted by atomic mass is 10.2. The number of nitrogens with two attached hydrogens (primary N) is 1. The molecule has 0 aliphatic heterocycles. The van der Waals surface area contributed by atoms with Gasteiger partial charge in [0.25, 0.3) is 0 Å². The molecule has 2 aromatic rings. The van der Waals surface area contributed by atoms with E-state index in [2.05, 4.69) is 10.3 Å². The molecule has 0 saturated carbocycles. The van der Waals surface area contributed by atoms with E-state index in [1.54, 1.807) is 20.4 Å². The van der Waals surface area contributed by atoms with E-state index in [0.717, 1.165) is 22.2 Å². The van der Waals surface area contributed by atoms with Gasteiger partial charge >= 0.3 is 0 Å². The molecular formula is C12H15N3O2S. The number of thiazole rings is 1. The summed E-state index contributed by atoms with van der Waals surface area (Å²) in [4.78, 5) is 4.14. The second kappa shape index (κ2) is 5.59. The molecular weight excluding hydrogens is 250 g/mol. The zero-order chi connectivity index (χ0) is 13.0. The standard InChI is InChI=1S/C12H15N3O2S/c1-16-9-4-3-8(10(5-9)17-2)6-14-12-15-7-11(13)18-12/h3-5,7H,6,13H2,1-2H3,(H,14,15). The first-order valence-corrected chi connectivity index (χ1v) is 6.20. The normalized spacial score (nSPS) is 10.1. The average molecular weight is 265 g/mol. The molecule has 2 rings (SSSR count). The maximum atomic E-state index is 5.62. The second-order valence-corrected chi connectivity index (χ2v) is 4.66. The fraction of sp³-hybridized carbons (Fsp3) is 0.250. The van der Waals surface area contributed by atoms with Crippen molar-refractivity contribution >= 4 is 21.5 Å². The Hall–Kier alpha value is -1.95. The predicted octanol–water partition coefficient (Wildman–Crippen LogP) is 2.35. The summed E-state index contributed by atoms with van der Waals surface area (Å²) in [7, 11) is 3.27. The van der Waals surface area contributed by atoms with Crippen LogP contribution in [0.4, 0.5) is 10.1 Å². The fourth-order valence-electron chi connectivity index (χ4n) is 1.54. The van der Waals surface area contributed by atoms with Crippen LogP contribution in [0.3, 0.4) is 0 Å². The van der Waals surface area contributed by atoms with Crippen LogP contribution in [0.2, 0.25) is 0 Å². The Morgan fingerprint density at radius 1 is 1.33 bits per heavy atom. The van der Waals surface area contributed by atoms with Crippen LogP contribution in [0.25, 0.3) is 0 Å². The number of hydrogen-bond donors (Lipinski definition) is 2. The molecule has 0 aliphatic carbocycles. The third kappa shape index (κ3) is 2.84. The lowest BCUT2D eigenvalue weighted by Gasteiger charge is -2.10. The highest BCUT2D eigenvalue weighted by Crippen LogP contribution is 2.26. The summed E-state index contributed by atoms with van der Waals surface area (Å²) in [5, 5.41) is 4.69. The third-order valence-corrected chi connectivity index (χ3v) is 3.23. The van der Waals surface area contributed by atoms with Crippen LogP contribution in [-0.4, -0.2) is 19.2 Å². The summed E-state index contributed by atoms with van der Waals surface area (Å²) in [5.41, 5.74) is 6.65. The van der Waals surface area contributed by atoms with Gasteiger partial charge in [0, 0.05) is 18.2 Å². The first-order valence-electron chi connectivity index (χ1n) is 5.39. The Balaban J connectivity index is 2.08. The number of nitrogens with one attached hydrogen (secondary N) is 1. The Morgan fingerprint density at radius 2 is 2.17 bits per heavy atom. The minimum Gasteiger partial charge on any atom is -0.497 e. The molecule has 0 atom stereocenters. The number of hydrogen-bond acceptors (Lipinski definition) is 6. The summed E-state index contributed by atoms with van der Waals surface area (Å²) >= 11 is 1.42. The van der Waals surface area contributed by atoms with Crippen molar-refractivity contribution in [2.45, 2.75) is 6.54 Å². The average Bonchev–Trinajstić information content (AvgIpc) is 2.82. The molecule has 3 N–H and O–H groups in total. The van der Waals surface area contributed by atoms with Crippen LogP contribution in [0.5, 0.6) is 11.5 Å². The van der Waals surface area contributed by atoms with E-state index in [-0.39, 0.29) is 0 Å². The number of benzene rings is 1. The van der Waals surface area contributed by atoms with Crippen molar-refractivity contribution in [1.29, 1.82) is 0 Å². The van der Waals surface area contributed by atoms with Crippen molar-refractivity contribution in [3.05, 3.63) is 30.0 Å². The molecule has 0 spiro atoms. The minimum absolute atomic E-state index is 0.625. The second-order valence-electron chi connectivity index (χ2n) is 3.60. The molecule has 0 fully saturated rings. The summed E-state index contributed by atoms with van der Waals surface area (Å²) in [5.74, 6) is 1.56. The van der Waals surface area contributed by atoms with Gasteiger partial charge in [-0.25, -0.2) is 4.98 Å². The molecule has 0 bridgehead atoms. The van der Waals surface area contributed by atoms with Gasteiger partial charge in [0.15, 0.2) is 5.13 Å². The van der Waals surface area contributed by atoms with Crippen LogP contribution in [0, 0.1) is 0 Å². The molecule has 5 nitrogen and oxygen atoms in total. The monoisotopic (exact) mass is 265 g/mol. The Morgan fingerprint density at radius 3 is 2.78 bits per heavy atom. The molecule has 0 aliphatic rings. The zero-order valence-electron chi connectivity index (χ0n) is 10.3. The van der Waals surface area contributed by atoms with E-state index in [1.807, 2.05) is 18.2 Å². The van der Waals surface area contributed by atoms with Gasteiger partial charge in [-0.1, -0.05) is 11.3 Å². The Labute approximate surface area is 110 Å². The number of nitrogens with zero attached hydrogens (tertiary/aromatic N) is 1. The SMILES string of the molecule is COc1ccc(CNc2ncc(N)s2)c(OC)c1. The van der Waals surface area contributed by atoms with Crippen LogP contribution in [0.1, 0.15) is 5.56 Å². The quantitative estimate of drug-likeness (QED) is 0.868. The van der Waals surface area contributed by atoms with Crippen LogP contribution >= 0.6 is 11.3 Å². The summed E-state index contributed by atoms with van der Waals surface area (Å²) < 4.78 is 10.5. The first-order chi connectivity index (χ1) is 8.72. The van der Waals surface area contributed by atoms with Gasteiger partial charge in [0.2, 0.25) is 0 Å². The van der Waals surface area contributed by atoms with E-state index in [4.69, 9.17) is 15.2 Å². The van der Waals surface area contributed by atoms with E-state index in [0.29, 0.717) is 11.5 Å². The number of aromatic nitrogens is 1. The van der Waals surface area contributed by atoms with Gasteiger partial charge in [-0.15, -0.1) is 0 Å². The highest BCUT2D eigenvalue weighted by atomic mass is 32.1. The topological polar surface area (TPSA) is 69.4 Å². The molecule has 0 saturated heterocycles.